The van der Waals surface area contributed by atoms with Crippen LogP contribution in [0.4, 0.5) is 24.0 Å². The fourth-order valence-corrected chi connectivity index (χ4v) is 5.51. The summed E-state index contributed by atoms with van der Waals surface area (Å²) in [5, 5.41) is 6.76. The molecule has 1 fully saturated rings. The number of nitrogens with one attached hydrogen (secondary N) is 2. The summed E-state index contributed by atoms with van der Waals surface area (Å²) in [6, 6.07) is 6.77. The number of anilines is 2. The van der Waals surface area contributed by atoms with Gasteiger partial charge in [-0.05, 0) is 48.7 Å². The minimum absolute atomic E-state index is 0.0381. The quantitative estimate of drug-likeness (QED) is 0.299. The average molecular weight is 549 g/mol. The minimum atomic E-state index is -4.56. The van der Waals surface area contributed by atoms with Gasteiger partial charge < -0.3 is 15.5 Å². The second-order valence-electron chi connectivity index (χ2n) is 8.19. The number of alkyl halides is 3. The van der Waals surface area contributed by atoms with E-state index < -0.39 is 12.0 Å². The van der Waals surface area contributed by atoms with Crippen molar-refractivity contribution in [2.24, 2.45) is 0 Å². The molecule has 3 aromatic rings. The molecule has 0 radical (unpaired) electrons. The lowest BCUT2D eigenvalue weighted by atomic mass is 10.0. The number of benzene rings is 1. The number of hydrogen-bond acceptors (Lipinski definition) is 8. The van der Waals surface area contributed by atoms with Gasteiger partial charge in [-0.15, -0.1) is 11.8 Å². The Balaban J connectivity index is 1.28. The molecule has 2 aromatic heterocycles. The van der Waals surface area contributed by atoms with Gasteiger partial charge in [0.15, 0.2) is 5.13 Å². The highest BCUT2D eigenvalue weighted by molar-refractivity contribution is 8.00. The van der Waals surface area contributed by atoms with Crippen molar-refractivity contribution in [1.82, 2.24) is 19.9 Å². The molecule has 13 heteroatoms. The highest BCUT2D eigenvalue weighted by Gasteiger charge is 2.34. The standard InChI is InChI=1S/C24H23F3N6O2S2/c1-2-19(34)31-17-7-5-16(6-8-17)21(35)33-9-3-4-18(13-33)32-23-30-12-20(37-23)36-14-15-10-28-22(29-11-15)24(25,26)27/h2,5-8,10-12,18H,1,3-4,9,13-14H2,(H,30,32)(H,31,34)/t18-/m1/s1. The molecule has 1 aliphatic heterocycles. The molecule has 4 rings (SSSR count). The van der Waals surface area contributed by atoms with E-state index in [-0.39, 0.29) is 17.9 Å². The van der Waals surface area contributed by atoms with Crippen LogP contribution in [-0.2, 0) is 16.7 Å². The van der Waals surface area contributed by atoms with Gasteiger partial charge in [0.2, 0.25) is 11.7 Å². The lowest BCUT2D eigenvalue weighted by Crippen LogP contribution is -2.45. The van der Waals surface area contributed by atoms with Crippen LogP contribution in [0, 0.1) is 0 Å². The Bertz CT molecular complexity index is 1250. The number of amides is 2. The van der Waals surface area contributed by atoms with Crippen molar-refractivity contribution in [2.45, 2.75) is 35.0 Å². The molecule has 2 N–H and O–H groups in total. The number of carbonyl (C=O) groups excluding carboxylic acids is 2. The van der Waals surface area contributed by atoms with Crippen molar-refractivity contribution in [3.05, 3.63) is 72.5 Å². The number of halogens is 3. The van der Waals surface area contributed by atoms with Crippen molar-refractivity contribution in [2.75, 3.05) is 23.7 Å². The Morgan fingerprint density at radius 3 is 2.57 bits per heavy atom. The van der Waals surface area contributed by atoms with E-state index in [2.05, 4.69) is 32.2 Å². The second-order valence-corrected chi connectivity index (χ2v) is 10.5. The third-order valence-electron chi connectivity index (χ3n) is 5.45. The highest BCUT2D eigenvalue weighted by Crippen LogP contribution is 2.32. The number of thioether (sulfide) groups is 1. The van der Waals surface area contributed by atoms with Gasteiger partial charge in [0.25, 0.3) is 5.91 Å². The van der Waals surface area contributed by atoms with Crippen molar-refractivity contribution in [3.63, 3.8) is 0 Å². The van der Waals surface area contributed by atoms with E-state index in [0.29, 0.717) is 40.8 Å². The van der Waals surface area contributed by atoms with Crippen LogP contribution in [0.2, 0.25) is 0 Å². The average Bonchev–Trinajstić information content (AvgIpc) is 3.34. The van der Waals surface area contributed by atoms with Gasteiger partial charge in [-0.1, -0.05) is 17.9 Å². The molecule has 1 saturated heterocycles. The van der Waals surface area contributed by atoms with Gasteiger partial charge in [-0.3, -0.25) is 9.59 Å². The first-order valence-corrected chi connectivity index (χ1v) is 13.1. The summed E-state index contributed by atoms with van der Waals surface area (Å²) in [5.74, 6) is -1.13. The topological polar surface area (TPSA) is 100 Å². The fourth-order valence-electron chi connectivity index (χ4n) is 3.65. The number of piperidine rings is 1. The van der Waals surface area contributed by atoms with E-state index in [1.165, 1.54) is 41.6 Å². The second kappa shape index (κ2) is 11.7. The van der Waals surface area contributed by atoms with E-state index in [1.54, 1.807) is 35.4 Å². The number of rotatable bonds is 8. The van der Waals surface area contributed by atoms with E-state index in [0.717, 1.165) is 17.1 Å². The Labute approximate surface area is 219 Å². The minimum Gasteiger partial charge on any atom is -0.357 e. The van der Waals surface area contributed by atoms with E-state index >= 15 is 0 Å². The largest absolute Gasteiger partial charge is 0.451 e. The highest BCUT2D eigenvalue weighted by atomic mass is 32.2. The smallest absolute Gasteiger partial charge is 0.357 e. The number of hydrogen-bond donors (Lipinski definition) is 2. The maximum Gasteiger partial charge on any atom is 0.451 e. The first kappa shape index (κ1) is 26.6. The molecule has 0 aliphatic carbocycles. The molecule has 0 bridgehead atoms. The van der Waals surface area contributed by atoms with Crippen molar-refractivity contribution < 1.29 is 22.8 Å². The van der Waals surface area contributed by atoms with Crippen LogP contribution in [0.25, 0.3) is 0 Å². The van der Waals surface area contributed by atoms with E-state index in [9.17, 15) is 22.8 Å². The van der Waals surface area contributed by atoms with Crippen LogP contribution in [-0.4, -0.2) is 50.8 Å². The Morgan fingerprint density at radius 2 is 1.89 bits per heavy atom. The zero-order valence-corrected chi connectivity index (χ0v) is 21.1. The zero-order chi connectivity index (χ0) is 26.4. The predicted molar refractivity (Wildman–Crippen MR) is 137 cm³/mol. The monoisotopic (exact) mass is 548 g/mol. The molecule has 0 unspecified atom stereocenters. The number of thiazole rings is 1. The summed E-state index contributed by atoms with van der Waals surface area (Å²) < 4.78 is 38.7. The zero-order valence-electron chi connectivity index (χ0n) is 19.5. The molecule has 2 amide bonds. The Morgan fingerprint density at radius 1 is 1.16 bits per heavy atom. The lowest BCUT2D eigenvalue weighted by molar-refractivity contribution is -0.145. The van der Waals surface area contributed by atoms with Gasteiger partial charge in [-0.2, -0.15) is 13.2 Å². The number of likely N-dealkylation sites (tertiary alicyclic amines) is 1. The maximum absolute atomic E-state index is 13.0. The molecule has 1 aliphatic rings. The Hall–Kier alpha value is -3.45. The van der Waals surface area contributed by atoms with E-state index in [1.807, 2.05) is 0 Å². The molecular formula is C24H23F3N6O2S2. The normalized spacial score (nSPS) is 15.8. The third-order valence-corrected chi connectivity index (χ3v) is 7.64. The summed E-state index contributed by atoms with van der Waals surface area (Å²) >= 11 is 2.88. The van der Waals surface area contributed by atoms with Gasteiger partial charge in [0.1, 0.15) is 0 Å². The SMILES string of the molecule is C=CC(=O)Nc1ccc(C(=O)N2CCC[C@@H](Nc3ncc(SCc4cnc(C(F)(F)F)nc4)s3)C2)cc1. The molecule has 8 nitrogen and oxygen atoms in total. The lowest BCUT2D eigenvalue weighted by Gasteiger charge is -2.33. The fraction of sp³-hybridized carbons (Fsp3) is 0.292. The van der Waals surface area contributed by atoms with E-state index in [4.69, 9.17) is 0 Å². The molecule has 194 valence electrons. The van der Waals surface area contributed by atoms with Crippen LogP contribution in [0.1, 0.15) is 34.6 Å². The number of nitrogens with zero attached hydrogens (tertiary/aromatic N) is 4. The van der Waals surface area contributed by atoms with Gasteiger partial charge in [0, 0.05) is 48.5 Å². The molecule has 0 spiro atoms. The van der Waals surface area contributed by atoms with Crippen LogP contribution < -0.4 is 10.6 Å². The van der Waals surface area contributed by atoms with Crippen LogP contribution >= 0.6 is 23.1 Å². The van der Waals surface area contributed by atoms with Crippen molar-refractivity contribution >= 4 is 45.7 Å². The summed E-state index contributed by atoms with van der Waals surface area (Å²) in [5.41, 5.74) is 1.71. The van der Waals surface area contributed by atoms with Crippen molar-refractivity contribution in [1.29, 1.82) is 0 Å². The van der Waals surface area contributed by atoms with Crippen LogP contribution in [0.3, 0.4) is 0 Å². The van der Waals surface area contributed by atoms with Crippen molar-refractivity contribution in [3.8, 4) is 0 Å². The summed E-state index contributed by atoms with van der Waals surface area (Å²) in [4.78, 5) is 37.4. The number of carbonyl (C=O) groups is 2. The summed E-state index contributed by atoms with van der Waals surface area (Å²) in [6.07, 6.45) is 2.43. The first-order chi connectivity index (χ1) is 17.7. The number of aromatic nitrogens is 3. The van der Waals surface area contributed by atoms with Gasteiger partial charge in [0.05, 0.1) is 10.4 Å². The Kier molecular flexibility index (Phi) is 8.44. The third kappa shape index (κ3) is 7.29. The maximum atomic E-state index is 13.0. The predicted octanol–water partition coefficient (Wildman–Crippen LogP) is 5.09. The van der Waals surface area contributed by atoms with Gasteiger partial charge >= 0.3 is 6.18 Å². The molecular weight excluding hydrogens is 525 g/mol. The molecule has 1 atom stereocenters. The molecule has 37 heavy (non-hydrogen) atoms. The molecule has 0 saturated carbocycles. The van der Waals surface area contributed by atoms with Crippen LogP contribution in [0.15, 0.2) is 59.7 Å². The molecule has 1 aromatic carbocycles. The summed E-state index contributed by atoms with van der Waals surface area (Å²) in [6.45, 7) is 4.59. The summed E-state index contributed by atoms with van der Waals surface area (Å²) in [7, 11) is 0. The van der Waals surface area contributed by atoms with Gasteiger partial charge in [-0.25, -0.2) is 15.0 Å². The first-order valence-electron chi connectivity index (χ1n) is 11.3. The van der Waals surface area contributed by atoms with Crippen LogP contribution in [0.5, 0.6) is 0 Å². The molecule has 3 heterocycles.